The van der Waals surface area contributed by atoms with Crippen molar-refractivity contribution in [3.8, 4) is 5.75 Å². The first kappa shape index (κ1) is 37.3. The Morgan fingerprint density at radius 3 is 2.34 bits per heavy atom. The number of rotatable bonds is 11. The molecule has 53 heavy (non-hydrogen) atoms. The van der Waals surface area contributed by atoms with E-state index in [2.05, 4.69) is 73.0 Å². The lowest BCUT2D eigenvalue weighted by Gasteiger charge is -2.43. The summed E-state index contributed by atoms with van der Waals surface area (Å²) >= 11 is 3.47. The first-order valence-corrected chi connectivity index (χ1v) is 20.3. The number of nitrogens with one attached hydrogen (secondary N) is 2. The van der Waals surface area contributed by atoms with Gasteiger partial charge in [-0.25, -0.2) is 13.4 Å². The lowest BCUT2D eigenvalue weighted by molar-refractivity contribution is -0.274. The minimum Gasteiger partial charge on any atom is -0.403 e. The van der Waals surface area contributed by atoms with Gasteiger partial charge in [-0.2, -0.15) is 4.98 Å². The van der Waals surface area contributed by atoms with Gasteiger partial charge in [0.15, 0.2) is 5.75 Å². The van der Waals surface area contributed by atoms with Crippen molar-refractivity contribution < 1.29 is 26.3 Å². The van der Waals surface area contributed by atoms with Crippen molar-refractivity contribution in [2.24, 2.45) is 0 Å². The Bertz CT molecular complexity index is 2070. The van der Waals surface area contributed by atoms with Crippen molar-refractivity contribution >= 4 is 71.5 Å². The summed E-state index contributed by atoms with van der Waals surface area (Å²) in [6, 6.07) is 6.78. The molecule has 4 aromatic rings. The van der Waals surface area contributed by atoms with Gasteiger partial charge < -0.3 is 25.2 Å². The van der Waals surface area contributed by atoms with E-state index < -0.39 is 22.1 Å². The summed E-state index contributed by atoms with van der Waals surface area (Å²) in [5.74, 6) is -0.157. The molecular formula is C35H42BrF3N10O3S. The monoisotopic (exact) mass is 818 g/mol. The molecule has 2 aromatic heterocycles. The zero-order chi connectivity index (χ0) is 37.5. The number of hydrogen-bond donors (Lipinski definition) is 2. The number of likely N-dealkylation sites (N-methyl/N-ethyl adjacent to an activating group) is 1. The van der Waals surface area contributed by atoms with Gasteiger partial charge in [0.05, 0.1) is 27.6 Å². The third-order valence-corrected chi connectivity index (χ3v) is 11.7. The highest BCUT2D eigenvalue weighted by Crippen LogP contribution is 2.43. The minimum absolute atomic E-state index is 0.00480. The lowest BCUT2D eigenvalue weighted by atomic mass is 9.99. The Labute approximate surface area is 315 Å². The predicted molar refractivity (Wildman–Crippen MR) is 203 cm³/mol. The maximum Gasteiger partial charge on any atom is 0.573 e. The zero-order valence-corrected chi connectivity index (χ0v) is 32.1. The summed E-state index contributed by atoms with van der Waals surface area (Å²) in [7, 11) is -1.58. The van der Waals surface area contributed by atoms with Crippen LogP contribution in [0.1, 0.15) is 38.2 Å². The van der Waals surface area contributed by atoms with Gasteiger partial charge in [0.2, 0.25) is 16.0 Å². The summed E-state index contributed by atoms with van der Waals surface area (Å²) in [6.45, 7) is 7.55. The van der Waals surface area contributed by atoms with Crippen LogP contribution < -0.4 is 24.6 Å². The van der Waals surface area contributed by atoms with Gasteiger partial charge in [-0.15, -0.1) is 13.2 Å². The molecule has 4 heterocycles. The van der Waals surface area contributed by atoms with E-state index in [0.29, 0.717) is 57.9 Å². The number of piperazine rings is 1. The molecule has 2 saturated heterocycles. The van der Waals surface area contributed by atoms with Crippen molar-refractivity contribution in [3.63, 3.8) is 0 Å². The molecule has 0 radical (unpaired) electrons. The van der Waals surface area contributed by atoms with Crippen LogP contribution in [0.3, 0.4) is 0 Å². The average Bonchev–Trinajstić information content (AvgIpc) is 3.95. The van der Waals surface area contributed by atoms with Gasteiger partial charge in [-0.3, -0.25) is 19.2 Å². The molecule has 7 rings (SSSR count). The quantitative estimate of drug-likeness (QED) is 0.177. The topological polar surface area (TPSA) is 132 Å². The van der Waals surface area contributed by atoms with Crippen molar-refractivity contribution in [1.82, 2.24) is 29.7 Å². The van der Waals surface area contributed by atoms with Crippen LogP contribution in [0.4, 0.5) is 47.7 Å². The van der Waals surface area contributed by atoms with Gasteiger partial charge >= 0.3 is 6.36 Å². The number of benzene rings is 2. The Morgan fingerprint density at radius 1 is 0.962 bits per heavy atom. The molecule has 0 atom stereocenters. The molecular weight excluding hydrogens is 777 g/mol. The summed E-state index contributed by atoms with van der Waals surface area (Å²) < 4.78 is 74.1. The molecule has 0 unspecified atom stereocenters. The number of hydrogen-bond acceptors (Lipinski definition) is 12. The second kappa shape index (κ2) is 15.0. The summed E-state index contributed by atoms with van der Waals surface area (Å²) in [5.41, 5.74) is 3.26. The molecule has 3 fully saturated rings. The number of sulfonamides is 1. The van der Waals surface area contributed by atoms with Crippen LogP contribution >= 0.6 is 15.9 Å². The molecule has 18 heteroatoms. The predicted octanol–water partition coefficient (Wildman–Crippen LogP) is 6.28. The molecule has 284 valence electrons. The molecule has 2 N–H and O–H groups in total. The summed E-state index contributed by atoms with van der Waals surface area (Å²) in [6.07, 6.45) is 4.53. The van der Waals surface area contributed by atoms with Crippen LogP contribution in [-0.4, -0.2) is 109 Å². The van der Waals surface area contributed by atoms with Gasteiger partial charge in [0.1, 0.15) is 17.0 Å². The normalized spacial score (nSPS) is 18.0. The van der Waals surface area contributed by atoms with E-state index in [9.17, 15) is 21.6 Å². The molecule has 13 nitrogen and oxygen atoms in total. The maximum atomic E-state index is 13.8. The highest BCUT2D eigenvalue weighted by Gasteiger charge is 2.38. The first-order chi connectivity index (χ1) is 25.3. The SMILES string of the molecule is CCc1cc(Nc2ncc(Br)c(Nc3ccc4nccnc4c3N(C3CC3)S(C)(=O)=O)n2)c(OC(F)(F)F)cc1N1CCC(N2CCN(C)CC2)CC1. The van der Waals surface area contributed by atoms with Crippen LogP contribution in [0, 0.1) is 0 Å². The minimum atomic E-state index is -4.94. The lowest BCUT2D eigenvalue weighted by Crippen LogP contribution is -2.52. The number of halogens is 4. The van der Waals surface area contributed by atoms with Crippen molar-refractivity contribution in [1.29, 1.82) is 0 Å². The van der Waals surface area contributed by atoms with E-state index in [-0.39, 0.29) is 23.5 Å². The molecule has 2 aromatic carbocycles. The third kappa shape index (κ3) is 8.55. The van der Waals surface area contributed by atoms with Gasteiger partial charge in [0, 0.05) is 81.7 Å². The van der Waals surface area contributed by atoms with E-state index in [1.165, 1.54) is 29.0 Å². The molecule has 1 aliphatic carbocycles. The standard InChI is InChI=1S/C35H42BrF3N10O3S/c1-4-22-19-28(30(52-35(37,38)39)20-29(22)48-13-9-23(10-14-48)47-17-15-46(2)16-18-47)44-34-42-21-25(36)33(45-34)43-27-8-7-26-31(41-12-11-40-26)32(27)49(24-5-6-24)53(3,50)51/h7-8,11-12,19-21,23-24H,4-6,9-10,13-18H2,1-3H3,(H2,42,43,44,45). The number of alkyl halides is 3. The highest BCUT2D eigenvalue weighted by atomic mass is 79.9. The first-order valence-electron chi connectivity index (χ1n) is 17.7. The van der Waals surface area contributed by atoms with Crippen molar-refractivity contribution in [3.05, 3.63) is 52.9 Å². The summed E-state index contributed by atoms with van der Waals surface area (Å²) in [5, 5.41) is 6.18. The largest absolute Gasteiger partial charge is 0.573 e. The number of aryl methyl sites for hydroxylation is 1. The van der Waals surface area contributed by atoms with Gasteiger partial charge in [-0.1, -0.05) is 6.92 Å². The Kier molecular flexibility index (Phi) is 10.6. The number of piperidine rings is 1. The number of ether oxygens (including phenoxy) is 1. The third-order valence-electron chi connectivity index (χ3n) is 9.96. The molecule has 3 aliphatic rings. The smallest absolute Gasteiger partial charge is 0.403 e. The van der Waals surface area contributed by atoms with E-state index in [4.69, 9.17) is 0 Å². The fourth-order valence-electron chi connectivity index (χ4n) is 7.19. The van der Waals surface area contributed by atoms with E-state index >= 15 is 0 Å². The maximum absolute atomic E-state index is 13.8. The molecule has 0 amide bonds. The summed E-state index contributed by atoms with van der Waals surface area (Å²) in [4.78, 5) is 24.8. The molecule has 0 spiro atoms. The Morgan fingerprint density at radius 2 is 1.68 bits per heavy atom. The van der Waals surface area contributed by atoms with Crippen LogP contribution in [-0.2, 0) is 16.4 Å². The van der Waals surface area contributed by atoms with Crippen molar-refractivity contribution in [2.75, 3.05) is 72.4 Å². The Hall–Kier alpha value is -4.00. The van der Waals surface area contributed by atoms with Gasteiger partial charge in [0.25, 0.3) is 0 Å². The zero-order valence-electron chi connectivity index (χ0n) is 29.7. The fourth-order valence-corrected chi connectivity index (χ4v) is 8.75. The van der Waals surface area contributed by atoms with E-state index in [1.54, 1.807) is 18.2 Å². The highest BCUT2D eigenvalue weighted by molar-refractivity contribution is 9.10. The fraction of sp³-hybridized carbons (Fsp3) is 0.486. The molecule has 2 aliphatic heterocycles. The van der Waals surface area contributed by atoms with Gasteiger partial charge in [-0.05, 0) is 78.8 Å². The number of nitrogens with zero attached hydrogens (tertiary/aromatic N) is 8. The van der Waals surface area contributed by atoms with E-state index in [1.807, 2.05) is 6.92 Å². The molecule has 0 bridgehead atoms. The second-order valence-electron chi connectivity index (χ2n) is 13.8. The van der Waals surface area contributed by atoms with Crippen LogP contribution in [0.15, 0.2) is 47.3 Å². The Balaban J connectivity index is 1.18. The van der Waals surface area contributed by atoms with E-state index in [0.717, 1.165) is 63.9 Å². The van der Waals surface area contributed by atoms with Crippen LogP contribution in [0.2, 0.25) is 0 Å². The van der Waals surface area contributed by atoms with Crippen LogP contribution in [0.25, 0.3) is 11.0 Å². The molecule has 1 saturated carbocycles. The second-order valence-corrected chi connectivity index (χ2v) is 16.5. The number of aromatic nitrogens is 4. The number of anilines is 6. The van der Waals surface area contributed by atoms with Crippen LogP contribution in [0.5, 0.6) is 5.75 Å². The average molecular weight is 820 g/mol. The van der Waals surface area contributed by atoms with Crippen molar-refractivity contribution in [2.45, 2.75) is 57.5 Å². The number of fused-ring (bicyclic) bond motifs is 1.